The Morgan fingerprint density at radius 1 is 1.11 bits per heavy atom. The van der Waals surface area contributed by atoms with Crippen LogP contribution in [0.4, 0.5) is 0 Å². The van der Waals surface area contributed by atoms with Gasteiger partial charge < -0.3 is 4.74 Å². The van der Waals surface area contributed by atoms with Gasteiger partial charge in [-0.05, 0) is 41.9 Å². The van der Waals surface area contributed by atoms with Gasteiger partial charge in [0.15, 0.2) is 6.10 Å². The number of halogens is 1. The first kappa shape index (κ1) is 13.8. The second-order valence-corrected chi connectivity index (χ2v) is 5.28. The summed E-state index contributed by atoms with van der Waals surface area (Å²) < 4.78 is 6.54. The van der Waals surface area contributed by atoms with E-state index in [0.717, 1.165) is 10.0 Å². The number of rotatable bonds is 4. The highest BCUT2D eigenvalue weighted by Gasteiger charge is 2.17. The lowest BCUT2D eigenvalue weighted by Gasteiger charge is -2.14. The van der Waals surface area contributed by atoms with Gasteiger partial charge in [0.05, 0.1) is 4.47 Å². The highest BCUT2D eigenvalue weighted by Crippen LogP contribution is 2.25. The van der Waals surface area contributed by atoms with E-state index in [1.54, 1.807) is 6.92 Å². The summed E-state index contributed by atoms with van der Waals surface area (Å²) in [6.45, 7) is 3.76. The maximum atomic E-state index is 12.2. The Labute approximate surface area is 121 Å². The molecule has 1 atom stereocenters. The fourth-order valence-corrected chi connectivity index (χ4v) is 2.12. The lowest BCUT2D eigenvalue weighted by molar-refractivity contribution is 0.0817. The first-order chi connectivity index (χ1) is 9.08. The van der Waals surface area contributed by atoms with Gasteiger partial charge >= 0.3 is 0 Å². The van der Waals surface area contributed by atoms with E-state index in [0.29, 0.717) is 11.3 Å². The van der Waals surface area contributed by atoms with Crippen LogP contribution >= 0.6 is 15.9 Å². The van der Waals surface area contributed by atoms with Gasteiger partial charge in [0, 0.05) is 5.56 Å². The molecule has 2 aromatic rings. The molecule has 0 amide bonds. The van der Waals surface area contributed by atoms with Crippen molar-refractivity contribution in [3.05, 3.63) is 64.1 Å². The van der Waals surface area contributed by atoms with E-state index < -0.39 is 6.10 Å². The molecule has 0 aliphatic heterocycles. The summed E-state index contributed by atoms with van der Waals surface area (Å²) in [5, 5.41) is 0. The maximum absolute atomic E-state index is 12.2. The van der Waals surface area contributed by atoms with Crippen molar-refractivity contribution in [3.8, 4) is 5.75 Å². The summed E-state index contributed by atoms with van der Waals surface area (Å²) in [6, 6.07) is 15.0. The Bertz CT molecular complexity index is 576. The van der Waals surface area contributed by atoms with E-state index in [9.17, 15) is 4.79 Å². The Morgan fingerprint density at radius 2 is 1.74 bits per heavy atom. The number of benzene rings is 2. The van der Waals surface area contributed by atoms with Gasteiger partial charge in [-0.15, -0.1) is 0 Å². The predicted molar refractivity (Wildman–Crippen MR) is 79.7 cm³/mol. The molecule has 0 radical (unpaired) electrons. The smallest absolute Gasteiger partial charge is 0.202 e. The van der Waals surface area contributed by atoms with Crippen LogP contribution in [0.3, 0.4) is 0 Å². The summed E-state index contributed by atoms with van der Waals surface area (Å²) in [7, 11) is 0. The SMILES string of the molecule is Cc1ccc(C(=O)[C@@H](C)Oc2ccccc2Br)cc1. The van der Waals surface area contributed by atoms with Gasteiger partial charge in [-0.2, -0.15) is 0 Å². The first-order valence-electron chi connectivity index (χ1n) is 6.10. The molecule has 0 unspecified atom stereocenters. The molecule has 2 rings (SSSR count). The Morgan fingerprint density at radius 3 is 2.37 bits per heavy atom. The summed E-state index contributed by atoms with van der Waals surface area (Å²) >= 11 is 3.40. The number of hydrogen-bond acceptors (Lipinski definition) is 2. The topological polar surface area (TPSA) is 26.3 Å². The van der Waals surface area contributed by atoms with Crippen molar-refractivity contribution in [2.75, 3.05) is 0 Å². The number of ketones is 1. The lowest BCUT2D eigenvalue weighted by Crippen LogP contribution is -2.24. The first-order valence-corrected chi connectivity index (χ1v) is 6.89. The molecule has 0 spiro atoms. The minimum absolute atomic E-state index is 0.0178. The summed E-state index contributed by atoms with van der Waals surface area (Å²) in [6.07, 6.45) is -0.513. The molecular weight excluding hydrogens is 304 g/mol. The van der Waals surface area contributed by atoms with E-state index in [4.69, 9.17) is 4.74 Å². The van der Waals surface area contributed by atoms with E-state index >= 15 is 0 Å². The van der Waals surface area contributed by atoms with Crippen LogP contribution < -0.4 is 4.74 Å². The van der Waals surface area contributed by atoms with Gasteiger partial charge in [0.25, 0.3) is 0 Å². The molecule has 0 heterocycles. The third-order valence-corrected chi connectivity index (χ3v) is 3.50. The lowest BCUT2D eigenvalue weighted by atomic mass is 10.1. The van der Waals surface area contributed by atoms with Crippen LogP contribution in [-0.2, 0) is 0 Å². The number of para-hydroxylation sites is 1. The van der Waals surface area contributed by atoms with Crippen molar-refractivity contribution in [2.24, 2.45) is 0 Å². The monoisotopic (exact) mass is 318 g/mol. The molecular formula is C16H15BrO2. The van der Waals surface area contributed by atoms with Crippen LogP contribution in [0.1, 0.15) is 22.8 Å². The van der Waals surface area contributed by atoms with Crippen molar-refractivity contribution in [1.82, 2.24) is 0 Å². The van der Waals surface area contributed by atoms with Crippen molar-refractivity contribution < 1.29 is 9.53 Å². The quantitative estimate of drug-likeness (QED) is 0.781. The predicted octanol–water partition coefficient (Wildman–Crippen LogP) is 4.41. The number of ether oxygens (including phenoxy) is 1. The van der Waals surface area contributed by atoms with Crippen molar-refractivity contribution in [1.29, 1.82) is 0 Å². The maximum Gasteiger partial charge on any atom is 0.202 e. The summed E-state index contributed by atoms with van der Waals surface area (Å²) in [5.74, 6) is 0.659. The van der Waals surface area contributed by atoms with Crippen LogP contribution in [0.15, 0.2) is 53.0 Å². The van der Waals surface area contributed by atoms with E-state index in [2.05, 4.69) is 15.9 Å². The number of carbonyl (C=O) groups is 1. The molecule has 0 bridgehead atoms. The standard InChI is InChI=1S/C16H15BrO2/c1-11-7-9-13(10-8-11)16(18)12(2)19-15-6-4-3-5-14(15)17/h3-10,12H,1-2H3/t12-/m1/s1. The van der Waals surface area contributed by atoms with E-state index in [1.807, 2.05) is 55.5 Å². The van der Waals surface area contributed by atoms with E-state index in [1.165, 1.54) is 0 Å². The van der Waals surface area contributed by atoms with Crippen LogP contribution in [0.2, 0.25) is 0 Å². The van der Waals surface area contributed by atoms with Gasteiger partial charge in [0.1, 0.15) is 5.75 Å². The second kappa shape index (κ2) is 6.02. The Balaban J connectivity index is 2.12. The zero-order chi connectivity index (χ0) is 13.8. The van der Waals surface area contributed by atoms with Gasteiger partial charge in [0.2, 0.25) is 5.78 Å². The Kier molecular flexibility index (Phi) is 4.38. The number of Topliss-reactive ketones (excluding diaryl/α,β-unsaturated/α-hetero) is 1. The normalized spacial score (nSPS) is 11.9. The molecule has 0 fully saturated rings. The summed E-state index contributed by atoms with van der Waals surface area (Å²) in [4.78, 5) is 12.2. The molecule has 0 aliphatic carbocycles. The third-order valence-electron chi connectivity index (χ3n) is 2.85. The molecule has 0 N–H and O–H groups in total. The van der Waals surface area contributed by atoms with Crippen molar-refractivity contribution in [3.63, 3.8) is 0 Å². The average molecular weight is 319 g/mol. The molecule has 2 nitrogen and oxygen atoms in total. The fourth-order valence-electron chi connectivity index (χ4n) is 1.74. The fraction of sp³-hybridized carbons (Fsp3) is 0.188. The zero-order valence-electron chi connectivity index (χ0n) is 10.9. The van der Waals surface area contributed by atoms with Gasteiger partial charge in [-0.25, -0.2) is 0 Å². The molecule has 0 saturated carbocycles. The third kappa shape index (κ3) is 3.44. The van der Waals surface area contributed by atoms with Crippen LogP contribution in [-0.4, -0.2) is 11.9 Å². The largest absolute Gasteiger partial charge is 0.481 e. The molecule has 19 heavy (non-hydrogen) atoms. The van der Waals surface area contributed by atoms with Gasteiger partial charge in [-0.3, -0.25) is 4.79 Å². The van der Waals surface area contributed by atoms with E-state index in [-0.39, 0.29) is 5.78 Å². The molecule has 98 valence electrons. The minimum Gasteiger partial charge on any atom is -0.481 e. The van der Waals surface area contributed by atoms with Crippen LogP contribution in [0.25, 0.3) is 0 Å². The van der Waals surface area contributed by atoms with Crippen molar-refractivity contribution >= 4 is 21.7 Å². The number of aryl methyl sites for hydroxylation is 1. The van der Waals surface area contributed by atoms with Crippen LogP contribution in [0, 0.1) is 6.92 Å². The molecule has 2 aromatic carbocycles. The number of hydrogen-bond donors (Lipinski definition) is 0. The zero-order valence-corrected chi connectivity index (χ0v) is 12.5. The molecule has 3 heteroatoms. The molecule has 0 aromatic heterocycles. The van der Waals surface area contributed by atoms with Crippen LogP contribution in [0.5, 0.6) is 5.75 Å². The minimum atomic E-state index is -0.513. The number of carbonyl (C=O) groups excluding carboxylic acids is 1. The Hall–Kier alpha value is -1.61. The highest BCUT2D eigenvalue weighted by molar-refractivity contribution is 9.10. The highest BCUT2D eigenvalue weighted by atomic mass is 79.9. The second-order valence-electron chi connectivity index (χ2n) is 4.42. The average Bonchev–Trinajstić information content (AvgIpc) is 2.41. The van der Waals surface area contributed by atoms with Gasteiger partial charge in [-0.1, -0.05) is 42.0 Å². The summed E-state index contributed by atoms with van der Waals surface area (Å²) in [5.41, 5.74) is 1.81. The molecule has 0 saturated heterocycles. The molecule has 0 aliphatic rings. The van der Waals surface area contributed by atoms with Crippen molar-refractivity contribution in [2.45, 2.75) is 20.0 Å².